The summed E-state index contributed by atoms with van der Waals surface area (Å²) in [4.78, 5) is 0.271. The average Bonchev–Trinajstić information content (AvgIpc) is 2.30. The van der Waals surface area contributed by atoms with Crippen LogP contribution in [0.1, 0.15) is 33.1 Å². The van der Waals surface area contributed by atoms with E-state index in [4.69, 9.17) is 0 Å². The number of hydrogen-bond acceptors (Lipinski definition) is 3. The lowest BCUT2D eigenvalue weighted by Gasteiger charge is -2.21. The van der Waals surface area contributed by atoms with Gasteiger partial charge in [-0.15, -0.1) is 0 Å². The van der Waals surface area contributed by atoms with E-state index in [0.29, 0.717) is 12.8 Å². The van der Waals surface area contributed by atoms with E-state index in [1.54, 1.807) is 31.2 Å². The van der Waals surface area contributed by atoms with Crippen molar-refractivity contribution in [2.45, 2.75) is 49.4 Å². The van der Waals surface area contributed by atoms with E-state index in [1.165, 1.54) is 0 Å². The summed E-state index contributed by atoms with van der Waals surface area (Å²) in [6.07, 6.45) is 0.898. The zero-order valence-electron chi connectivity index (χ0n) is 10.6. The van der Waals surface area contributed by atoms with Crippen LogP contribution in [0.2, 0.25) is 0 Å². The molecule has 0 spiro atoms. The minimum atomic E-state index is -3.46. The lowest BCUT2D eigenvalue weighted by Crippen LogP contribution is -2.33. The van der Waals surface area contributed by atoms with Crippen LogP contribution in [0, 0.1) is 0 Å². The average molecular weight is 335 g/mol. The summed E-state index contributed by atoms with van der Waals surface area (Å²) in [6, 6.07) is 6.54. The van der Waals surface area contributed by atoms with Gasteiger partial charge in [-0.3, -0.25) is 0 Å². The van der Waals surface area contributed by atoms with Gasteiger partial charge in [0.25, 0.3) is 0 Å². The van der Waals surface area contributed by atoms with Gasteiger partial charge < -0.3 is 5.11 Å². The van der Waals surface area contributed by atoms with Gasteiger partial charge in [0.15, 0.2) is 9.84 Å². The van der Waals surface area contributed by atoms with Crippen molar-refractivity contribution in [1.29, 1.82) is 0 Å². The van der Waals surface area contributed by atoms with Gasteiger partial charge in [0.05, 0.1) is 16.2 Å². The van der Waals surface area contributed by atoms with Crippen LogP contribution in [-0.4, -0.2) is 24.9 Å². The van der Waals surface area contributed by atoms with E-state index >= 15 is 0 Å². The molecule has 102 valence electrons. The molecule has 0 amide bonds. The van der Waals surface area contributed by atoms with Gasteiger partial charge in [-0.1, -0.05) is 36.2 Å². The molecular formula is C13H19BrO3S. The highest BCUT2D eigenvalue weighted by Crippen LogP contribution is 2.24. The molecule has 0 saturated heterocycles. The number of sulfone groups is 1. The summed E-state index contributed by atoms with van der Waals surface area (Å²) < 4.78 is 25.7. The Labute approximate surface area is 117 Å². The van der Waals surface area contributed by atoms with Crippen molar-refractivity contribution < 1.29 is 13.5 Å². The van der Waals surface area contributed by atoms with Crippen LogP contribution in [0.15, 0.2) is 33.6 Å². The molecule has 1 rings (SSSR count). The van der Waals surface area contributed by atoms with E-state index in [9.17, 15) is 13.5 Å². The predicted molar refractivity (Wildman–Crippen MR) is 76.3 cm³/mol. The summed E-state index contributed by atoms with van der Waals surface area (Å²) in [5.41, 5.74) is 0. The Balaban J connectivity index is 3.06. The van der Waals surface area contributed by atoms with Crippen LogP contribution < -0.4 is 0 Å². The van der Waals surface area contributed by atoms with E-state index in [0.717, 1.165) is 10.9 Å². The van der Waals surface area contributed by atoms with Gasteiger partial charge in [0.1, 0.15) is 0 Å². The highest BCUT2D eigenvalue weighted by molar-refractivity contribution is 9.10. The van der Waals surface area contributed by atoms with Gasteiger partial charge in [-0.25, -0.2) is 8.42 Å². The van der Waals surface area contributed by atoms with Gasteiger partial charge in [-0.2, -0.15) is 0 Å². The normalized spacial score (nSPS) is 15.3. The van der Waals surface area contributed by atoms with Gasteiger partial charge in [0, 0.05) is 4.47 Å². The quantitative estimate of drug-likeness (QED) is 0.869. The molecular weight excluding hydrogens is 316 g/mol. The van der Waals surface area contributed by atoms with Crippen molar-refractivity contribution >= 4 is 25.8 Å². The Morgan fingerprint density at radius 1 is 1.22 bits per heavy atom. The van der Waals surface area contributed by atoms with Crippen LogP contribution in [0.4, 0.5) is 0 Å². The van der Waals surface area contributed by atoms with Crippen molar-refractivity contribution in [2.75, 3.05) is 0 Å². The van der Waals surface area contributed by atoms with Gasteiger partial charge in [-0.05, 0) is 37.1 Å². The first-order chi connectivity index (χ1) is 8.43. The van der Waals surface area contributed by atoms with E-state index < -0.39 is 21.2 Å². The second-order valence-corrected chi connectivity index (χ2v) is 7.38. The first-order valence-electron chi connectivity index (χ1n) is 6.11. The zero-order valence-corrected chi connectivity index (χ0v) is 13.0. The molecule has 2 atom stereocenters. The molecule has 3 nitrogen and oxygen atoms in total. The number of halogens is 1. The molecule has 0 aromatic heterocycles. The number of aliphatic hydroxyl groups excluding tert-OH is 1. The Hall–Kier alpha value is -0.390. The molecule has 0 heterocycles. The fraction of sp³-hybridized carbons (Fsp3) is 0.538. The topological polar surface area (TPSA) is 54.4 Å². The third-order valence-electron chi connectivity index (χ3n) is 2.96. The highest BCUT2D eigenvalue weighted by Gasteiger charge is 2.31. The smallest absolute Gasteiger partial charge is 0.183 e. The van der Waals surface area contributed by atoms with Crippen LogP contribution in [0.3, 0.4) is 0 Å². The predicted octanol–water partition coefficient (Wildman–Crippen LogP) is 3.16. The maximum absolute atomic E-state index is 12.4. The van der Waals surface area contributed by atoms with E-state index in [2.05, 4.69) is 15.9 Å². The maximum Gasteiger partial charge on any atom is 0.183 e. The number of benzene rings is 1. The molecule has 1 aromatic carbocycles. The standard InChI is InChI=1S/C13H19BrO3S/c1-3-5-12(15)13(4-2)18(16,17)11-8-6-10(14)7-9-11/h6-9,12-13,15H,3-5H2,1-2H3. The largest absolute Gasteiger partial charge is 0.392 e. The first kappa shape index (κ1) is 15.7. The molecule has 0 saturated carbocycles. The molecule has 2 unspecified atom stereocenters. The molecule has 1 N–H and O–H groups in total. The molecule has 0 aliphatic heterocycles. The molecule has 0 fully saturated rings. The first-order valence-corrected chi connectivity index (χ1v) is 8.45. The maximum atomic E-state index is 12.4. The van der Waals surface area contributed by atoms with Crippen LogP contribution >= 0.6 is 15.9 Å². The molecule has 5 heteroatoms. The van der Waals surface area contributed by atoms with Crippen molar-refractivity contribution in [3.63, 3.8) is 0 Å². The minimum absolute atomic E-state index is 0.271. The lowest BCUT2D eigenvalue weighted by atomic mass is 10.1. The molecule has 18 heavy (non-hydrogen) atoms. The molecule has 0 aliphatic rings. The molecule has 0 aliphatic carbocycles. The Kier molecular flexibility index (Phi) is 5.82. The third-order valence-corrected chi connectivity index (χ3v) is 5.86. The van der Waals surface area contributed by atoms with Crippen molar-refractivity contribution in [3.8, 4) is 0 Å². The fourth-order valence-corrected chi connectivity index (χ4v) is 4.10. The second-order valence-electron chi connectivity index (χ2n) is 4.30. The monoisotopic (exact) mass is 334 g/mol. The SMILES string of the molecule is CCCC(O)C(CC)S(=O)(=O)c1ccc(Br)cc1. The number of hydrogen-bond donors (Lipinski definition) is 1. The van der Waals surface area contributed by atoms with E-state index in [-0.39, 0.29) is 4.90 Å². The summed E-state index contributed by atoms with van der Waals surface area (Å²) in [5, 5.41) is 9.25. The second kappa shape index (κ2) is 6.68. The summed E-state index contributed by atoms with van der Waals surface area (Å²) in [7, 11) is -3.46. The molecule has 0 bridgehead atoms. The Morgan fingerprint density at radius 3 is 2.22 bits per heavy atom. The molecule has 0 radical (unpaired) electrons. The lowest BCUT2D eigenvalue weighted by molar-refractivity contribution is 0.155. The van der Waals surface area contributed by atoms with Crippen molar-refractivity contribution in [1.82, 2.24) is 0 Å². The molecule has 1 aromatic rings. The highest BCUT2D eigenvalue weighted by atomic mass is 79.9. The third kappa shape index (κ3) is 3.56. The fourth-order valence-electron chi connectivity index (χ4n) is 1.98. The minimum Gasteiger partial charge on any atom is -0.392 e. The van der Waals surface area contributed by atoms with Gasteiger partial charge in [0.2, 0.25) is 0 Å². The zero-order chi connectivity index (χ0) is 13.8. The van der Waals surface area contributed by atoms with Crippen LogP contribution in [0.25, 0.3) is 0 Å². The van der Waals surface area contributed by atoms with Crippen LogP contribution in [-0.2, 0) is 9.84 Å². The Bertz CT molecular complexity index is 468. The van der Waals surface area contributed by atoms with Crippen molar-refractivity contribution in [2.24, 2.45) is 0 Å². The number of aliphatic hydroxyl groups is 1. The summed E-state index contributed by atoms with van der Waals surface area (Å²) >= 11 is 3.28. The van der Waals surface area contributed by atoms with Gasteiger partial charge >= 0.3 is 0 Å². The van der Waals surface area contributed by atoms with Crippen molar-refractivity contribution in [3.05, 3.63) is 28.7 Å². The summed E-state index contributed by atoms with van der Waals surface area (Å²) in [5.74, 6) is 0. The summed E-state index contributed by atoms with van der Waals surface area (Å²) in [6.45, 7) is 3.72. The number of rotatable bonds is 6. The Morgan fingerprint density at radius 2 is 1.78 bits per heavy atom. The van der Waals surface area contributed by atoms with Crippen LogP contribution in [0.5, 0.6) is 0 Å². The van der Waals surface area contributed by atoms with E-state index in [1.807, 2.05) is 6.92 Å².